The number of amides is 2. The predicted molar refractivity (Wildman–Crippen MR) is 129 cm³/mol. The molecule has 8 nitrogen and oxygen atoms in total. The normalized spacial score (nSPS) is 22.7. The van der Waals surface area contributed by atoms with Gasteiger partial charge in [-0.1, -0.05) is 18.2 Å². The van der Waals surface area contributed by atoms with Gasteiger partial charge >= 0.3 is 0 Å². The van der Waals surface area contributed by atoms with E-state index in [4.69, 9.17) is 4.74 Å². The molecule has 2 amide bonds. The van der Waals surface area contributed by atoms with Gasteiger partial charge in [-0.15, -0.1) is 0 Å². The lowest BCUT2D eigenvalue weighted by Gasteiger charge is -2.47. The average Bonchev–Trinajstić information content (AvgIpc) is 2.85. The highest BCUT2D eigenvalue weighted by molar-refractivity contribution is 5.91. The Morgan fingerprint density at radius 3 is 2.53 bits per heavy atom. The van der Waals surface area contributed by atoms with Gasteiger partial charge in [0.2, 0.25) is 5.91 Å². The van der Waals surface area contributed by atoms with Gasteiger partial charge in [-0.3, -0.25) is 19.3 Å². The van der Waals surface area contributed by atoms with Crippen LogP contribution < -0.4 is 15.6 Å². The zero-order valence-electron chi connectivity index (χ0n) is 19.6. The Labute approximate surface area is 199 Å². The second kappa shape index (κ2) is 9.62. The molecule has 0 aliphatic carbocycles. The van der Waals surface area contributed by atoms with Crippen LogP contribution in [0.1, 0.15) is 37.8 Å². The van der Waals surface area contributed by atoms with Crippen LogP contribution in [0.15, 0.2) is 47.3 Å². The van der Waals surface area contributed by atoms with Gasteiger partial charge in [0, 0.05) is 57.3 Å². The van der Waals surface area contributed by atoms with Crippen molar-refractivity contribution in [1.29, 1.82) is 0 Å². The standard InChI is InChI=1S/C26H32N4O4/c1-18(31)28-11-9-21(10-12-28)29-14-19-13-20(16-29)24-8-7-23(26(33)30(24)15-19)27-25(32)17-34-22-5-3-2-4-6-22/h2-8,19-21H,9-17H2,1H3,(H,27,32)/t19-,20+/m0/s1. The fourth-order valence-electron chi connectivity index (χ4n) is 5.77. The van der Waals surface area contributed by atoms with Crippen LogP contribution in [0.3, 0.4) is 0 Å². The third-order valence-electron chi connectivity index (χ3n) is 7.45. The maximum Gasteiger partial charge on any atom is 0.274 e. The molecule has 5 rings (SSSR count). The van der Waals surface area contributed by atoms with Crippen molar-refractivity contribution in [3.05, 3.63) is 58.5 Å². The summed E-state index contributed by atoms with van der Waals surface area (Å²) >= 11 is 0. The molecule has 1 aromatic carbocycles. The first-order valence-electron chi connectivity index (χ1n) is 12.2. The first-order chi connectivity index (χ1) is 16.5. The molecule has 0 radical (unpaired) electrons. The van der Waals surface area contributed by atoms with E-state index in [1.165, 1.54) is 0 Å². The molecule has 8 heteroatoms. The molecule has 1 N–H and O–H groups in total. The van der Waals surface area contributed by atoms with Gasteiger partial charge in [-0.25, -0.2) is 0 Å². The number of nitrogens with one attached hydrogen (secondary N) is 1. The Bertz CT molecular complexity index is 1110. The minimum absolute atomic E-state index is 0.136. The molecule has 4 heterocycles. The zero-order valence-corrected chi connectivity index (χ0v) is 19.6. The number of hydrogen-bond acceptors (Lipinski definition) is 5. The van der Waals surface area contributed by atoms with Crippen LogP contribution in [0.5, 0.6) is 5.75 Å². The van der Waals surface area contributed by atoms with E-state index < -0.39 is 0 Å². The molecule has 34 heavy (non-hydrogen) atoms. The molecule has 2 atom stereocenters. The van der Waals surface area contributed by atoms with Crippen molar-refractivity contribution >= 4 is 17.5 Å². The first-order valence-corrected chi connectivity index (χ1v) is 12.2. The van der Waals surface area contributed by atoms with Crippen molar-refractivity contribution in [2.24, 2.45) is 5.92 Å². The summed E-state index contributed by atoms with van der Waals surface area (Å²) in [5.41, 5.74) is 1.23. The van der Waals surface area contributed by atoms with Gasteiger partial charge in [-0.05, 0) is 49.4 Å². The van der Waals surface area contributed by atoms with Gasteiger partial charge in [0.05, 0.1) is 0 Å². The topological polar surface area (TPSA) is 83.9 Å². The Morgan fingerprint density at radius 1 is 1.03 bits per heavy atom. The van der Waals surface area contributed by atoms with E-state index in [9.17, 15) is 14.4 Å². The fourth-order valence-corrected chi connectivity index (χ4v) is 5.77. The molecule has 1 aromatic heterocycles. The van der Waals surface area contributed by atoms with Crippen LogP contribution in [0.4, 0.5) is 5.69 Å². The highest BCUT2D eigenvalue weighted by Crippen LogP contribution is 2.37. The maximum atomic E-state index is 13.2. The van der Waals surface area contributed by atoms with Gasteiger partial charge in [0.15, 0.2) is 6.61 Å². The van der Waals surface area contributed by atoms with Gasteiger partial charge in [0.25, 0.3) is 11.5 Å². The van der Waals surface area contributed by atoms with E-state index in [0.29, 0.717) is 35.9 Å². The number of anilines is 1. The summed E-state index contributed by atoms with van der Waals surface area (Å²) in [7, 11) is 0. The van der Waals surface area contributed by atoms with Crippen LogP contribution in [0.25, 0.3) is 0 Å². The molecule has 0 spiro atoms. The number of hydrogen-bond donors (Lipinski definition) is 1. The van der Waals surface area contributed by atoms with Crippen molar-refractivity contribution < 1.29 is 14.3 Å². The minimum atomic E-state index is -0.347. The van der Waals surface area contributed by atoms with Crippen molar-refractivity contribution in [3.63, 3.8) is 0 Å². The number of likely N-dealkylation sites (tertiary alicyclic amines) is 2. The lowest BCUT2D eigenvalue weighted by Crippen LogP contribution is -2.53. The number of carbonyl (C=O) groups excluding carboxylic acids is 2. The van der Waals surface area contributed by atoms with Crippen molar-refractivity contribution in [2.45, 2.75) is 44.7 Å². The minimum Gasteiger partial charge on any atom is -0.484 e. The molecule has 2 saturated heterocycles. The number of fused-ring (bicyclic) bond motifs is 4. The summed E-state index contributed by atoms with van der Waals surface area (Å²) in [5, 5.41) is 2.73. The second-order valence-electron chi connectivity index (χ2n) is 9.73. The predicted octanol–water partition coefficient (Wildman–Crippen LogP) is 2.30. The molecule has 180 valence electrons. The quantitative estimate of drug-likeness (QED) is 0.734. The monoisotopic (exact) mass is 464 g/mol. The zero-order chi connectivity index (χ0) is 23.7. The molecular formula is C26H32N4O4. The van der Waals surface area contributed by atoms with Crippen molar-refractivity contribution in [3.8, 4) is 5.75 Å². The van der Waals surface area contributed by atoms with Crippen molar-refractivity contribution in [1.82, 2.24) is 14.4 Å². The molecule has 3 aliphatic heterocycles. The smallest absolute Gasteiger partial charge is 0.274 e. The Kier molecular flexibility index (Phi) is 6.41. The Hall–Kier alpha value is -3.13. The van der Waals surface area contributed by atoms with Crippen LogP contribution in [0, 0.1) is 5.92 Å². The highest BCUT2D eigenvalue weighted by atomic mass is 16.5. The summed E-state index contributed by atoms with van der Waals surface area (Å²) < 4.78 is 7.36. The van der Waals surface area contributed by atoms with Crippen LogP contribution in [0.2, 0.25) is 0 Å². The van der Waals surface area contributed by atoms with Gasteiger partial charge < -0.3 is 19.5 Å². The molecule has 2 fully saturated rings. The maximum absolute atomic E-state index is 13.2. The van der Waals surface area contributed by atoms with Crippen LogP contribution in [-0.2, 0) is 16.1 Å². The fraction of sp³-hybridized carbons (Fsp3) is 0.500. The molecule has 0 saturated carbocycles. The molecular weight excluding hydrogens is 432 g/mol. The number of ether oxygens (including phenoxy) is 1. The highest BCUT2D eigenvalue weighted by Gasteiger charge is 2.38. The summed E-state index contributed by atoms with van der Waals surface area (Å²) in [5.74, 6) is 1.17. The number of carbonyl (C=O) groups is 2. The van der Waals surface area contributed by atoms with E-state index in [2.05, 4.69) is 10.2 Å². The summed E-state index contributed by atoms with van der Waals surface area (Å²) in [6, 6.07) is 13.4. The number of aromatic nitrogens is 1. The van der Waals surface area contributed by atoms with E-state index in [1.807, 2.05) is 33.7 Å². The summed E-state index contributed by atoms with van der Waals surface area (Å²) in [6.45, 7) is 5.77. The van der Waals surface area contributed by atoms with E-state index in [0.717, 1.165) is 51.1 Å². The number of pyridine rings is 1. The number of benzene rings is 1. The van der Waals surface area contributed by atoms with Crippen molar-refractivity contribution in [2.75, 3.05) is 38.1 Å². The summed E-state index contributed by atoms with van der Waals surface area (Å²) in [6.07, 6.45) is 3.13. The number of para-hydroxylation sites is 1. The average molecular weight is 465 g/mol. The van der Waals surface area contributed by atoms with E-state index >= 15 is 0 Å². The first kappa shape index (κ1) is 22.7. The molecule has 2 aromatic rings. The van der Waals surface area contributed by atoms with Gasteiger partial charge in [-0.2, -0.15) is 0 Å². The number of piperidine rings is 2. The molecule has 2 bridgehead atoms. The number of rotatable bonds is 5. The molecule has 0 unspecified atom stereocenters. The number of nitrogens with zero attached hydrogens (tertiary/aromatic N) is 3. The van der Waals surface area contributed by atoms with Crippen LogP contribution in [-0.4, -0.2) is 65.0 Å². The van der Waals surface area contributed by atoms with Crippen LogP contribution >= 0.6 is 0 Å². The lowest BCUT2D eigenvalue weighted by molar-refractivity contribution is -0.130. The second-order valence-corrected chi connectivity index (χ2v) is 9.73. The largest absolute Gasteiger partial charge is 0.484 e. The van der Waals surface area contributed by atoms with E-state index in [-0.39, 0.29) is 24.0 Å². The van der Waals surface area contributed by atoms with Gasteiger partial charge in [0.1, 0.15) is 11.4 Å². The Morgan fingerprint density at radius 2 is 1.79 bits per heavy atom. The van der Waals surface area contributed by atoms with E-state index in [1.54, 1.807) is 25.1 Å². The lowest BCUT2D eigenvalue weighted by atomic mass is 9.82. The molecule has 3 aliphatic rings. The Balaban J connectivity index is 1.23. The SMILES string of the molecule is CC(=O)N1CCC(N2C[C@@H]3C[C@H](C2)c2ccc(NC(=O)COc4ccccc4)c(=O)n2C3)CC1. The summed E-state index contributed by atoms with van der Waals surface area (Å²) in [4.78, 5) is 41.7. The third-order valence-corrected chi connectivity index (χ3v) is 7.45. The third kappa shape index (κ3) is 4.73.